The minimum Gasteiger partial charge on any atom is -0.478 e. The van der Waals surface area contributed by atoms with Crippen molar-refractivity contribution < 1.29 is 19.5 Å². The summed E-state index contributed by atoms with van der Waals surface area (Å²) in [4.78, 5) is 36.9. The second-order valence-corrected chi connectivity index (χ2v) is 6.49. The molecule has 0 saturated carbocycles. The Morgan fingerprint density at radius 2 is 1.27 bits per heavy atom. The molecule has 0 bridgehead atoms. The van der Waals surface area contributed by atoms with Gasteiger partial charge in [0.2, 0.25) is 11.8 Å². The number of amides is 2. The van der Waals surface area contributed by atoms with Crippen molar-refractivity contribution in [1.82, 2.24) is 0 Å². The lowest BCUT2D eigenvalue weighted by molar-refractivity contribution is -0.131. The van der Waals surface area contributed by atoms with E-state index in [0.717, 1.165) is 6.08 Å². The van der Waals surface area contributed by atoms with Crippen molar-refractivity contribution >= 4 is 35.2 Å². The molecule has 0 heterocycles. The van der Waals surface area contributed by atoms with Crippen molar-refractivity contribution in [2.75, 3.05) is 10.6 Å². The summed E-state index contributed by atoms with van der Waals surface area (Å²) in [6, 6.07) is 24.4. The number of para-hydroxylation sites is 2. The molecule has 0 aliphatic heterocycles. The van der Waals surface area contributed by atoms with Crippen LogP contribution in [0.3, 0.4) is 0 Å². The average Bonchev–Trinajstić information content (AvgIpc) is 2.74. The summed E-state index contributed by atoms with van der Waals surface area (Å²) >= 11 is 0. The lowest BCUT2D eigenvalue weighted by atomic mass is 9.95. The summed E-state index contributed by atoms with van der Waals surface area (Å²) in [7, 11) is 0. The summed E-state index contributed by atoms with van der Waals surface area (Å²) in [6.45, 7) is 0. The number of carboxylic acids is 1. The van der Waals surface area contributed by atoms with E-state index >= 15 is 0 Å². The van der Waals surface area contributed by atoms with Gasteiger partial charge in [-0.3, -0.25) is 9.59 Å². The Labute approximate surface area is 173 Å². The number of rotatable bonds is 7. The van der Waals surface area contributed by atoms with Crippen LogP contribution < -0.4 is 10.6 Å². The van der Waals surface area contributed by atoms with Gasteiger partial charge in [0.05, 0.1) is 0 Å². The number of hydrogen-bond donors (Lipinski definition) is 3. The first-order valence-electron chi connectivity index (χ1n) is 9.26. The standard InChI is InChI=1S/C24H20N2O4/c27-21(28)15-14-17-8-7-9-18(16-17)22(23(29)25-19-10-3-1-4-11-19)24(30)26-20-12-5-2-6-13-20/h1-16,22H,(H,25,29)(H,26,30)(H,27,28)/b15-14+. The zero-order valence-electron chi connectivity index (χ0n) is 16.0. The Kier molecular flexibility index (Phi) is 6.74. The third kappa shape index (κ3) is 5.65. The molecule has 2 amide bonds. The van der Waals surface area contributed by atoms with Gasteiger partial charge < -0.3 is 15.7 Å². The van der Waals surface area contributed by atoms with Crippen molar-refractivity contribution in [3.8, 4) is 0 Å². The van der Waals surface area contributed by atoms with Gasteiger partial charge in [-0.25, -0.2) is 4.79 Å². The quantitative estimate of drug-likeness (QED) is 0.410. The van der Waals surface area contributed by atoms with Crippen LogP contribution in [0.15, 0.2) is 91.0 Å². The van der Waals surface area contributed by atoms with Crippen LogP contribution >= 0.6 is 0 Å². The van der Waals surface area contributed by atoms with E-state index in [1.807, 2.05) is 12.1 Å². The summed E-state index contributed by atoms with van der Waals surface area (Å²) in [6.07, 6.45) is 2.41. The summed E-state index contributed by atoms with van der Waals surface area (Å²) in [5.41, 5.74) is 2.16. The predicted molar refractivity (Wildman–Crippen MR) is 116 cm³/mol. The van der Waals surface area contributed by atoms with Crippen molar-refractivity contribution in [3.63, 3.8) is 0 Å². The molecule has 0 fully saturated rings. The van der Waals surface area contributed by atoms with Crippen molar-refractivity contribution in [2.24, 2.45) is 0 Å². The molecule has 0 unspecified atom stereocenters. The summed E-state index contributed by atoms with van der Waals surface area (Å²) in [5, 5.41) is 14.4. The molecule has 3 aromatic rings. The number of carbonyl (C=O) groups is 3. The molecule has 3 aromatic carbocycles. The number of aliphatic carboxylic acids is 1. The van der Waals surface area contributed by atoms with Gasteiger partial charge in [-0.15, -0.1) is 0 Å². The molecule has 0 atom stereocenters. The smallest absolute Gasteiger partial charge is 0.328 e. The van der Waals surface area contributed by atoms with Crippen LogP contribution in [0.5, 0.6) is 0 Å². The minimum absolute atomic E-state index is 0.449. The first-order chi connectivity index (χ1) is 14.5. The second kappa shape index (κ2) is 9.84. The lowest BCUT2D eigenvalue weighted by Gasteiger charge is -2.18. The van der Waals surface area contributed by atoms with Gasteiger partial charge in [0, 0.05) is 17.5 Å². The molecule has 0 aliphatic carbocycles. The van der Waals surface area contributed by atoms with Gasteiger partial charge in [0.25, 0.3) is 0 Å². The van der Waals surface area contributed by atoms with E-state index in [1.54, 1.807) is 72.8 Å². The Hall–Kier alpha value is -4.19. The van der Waals surface area contributed by atoms with Gasteiger partial charge in [0.1, 0.15) is 5.92 Å². The van der Waals surface area contributed by atoms with Crippen molar-refractivity contribution in [1.29, 1.82) is 0 Å². The maximum Gasteiger partial charge on any atom is 0.328 e. The van der Waals surface area contributed by atoms with E-state index < -0.39 is 23.7 Å². The van der Waals surface area contributed by atoms with Crippen LogP contribution in [0.4, 0.5) is 11.4 Å². The number of carbonyl (C=O) groups excluding carboxylic acids is 2. The SMILES string of the molecule is O=C(O)/C=C/c1cccc(C(C(=O)Nc2ccccc2)C(=O)Nc2ccccc2)c1. The number of nitrogens with one attached hydrogen (secondary N) is 2. The molecular formula is C24H20N2O4. The number of benzene rings is 3. The van der Waals surface area contributed by atoms with Gasteiger partial charge in [-0.2, -0.15) is 0 Å². The molecule has 0 aliphatic rings. The maximum absolute atomic E-state index is 13.0. The van der Waals surface area contributed by atoms with Gasteiger partial charge in [0.15, 0.2) is 0 Å². The average molecular weight is 400 g/mol. The van der Waals surface area contributed by atoms with Gasteiger partial charge in [-0.05, 0) is 41.5 Å². The predicted octanol–water partition coefficient (Wildman–Crippen LogP) is 4.15. The highest BCUT2D eigenvalue weighted by Gasteiger charge is 2.29. The van der Waals surface area contributed by atoms with Crippen LogP contribution in [0.1, 0.15) is 17.0 Å². The zero-order valence-corrected chi connectivity index (χ0v) is 16.0. The summed E-state index contributed by atoms with van der Waals surface area (Å²) in [5.74, 6) is -3.20. The van der Waals surface area contributed by atoms with E-state index in [2.05, 4.69) is 10.6 Å². The van der Waals surface area contributed by atoms with Crippen LogP contribution in [0, 0.1) is 0 Å². The third-order valence-electron chi connectivity index (χ3n) is 4.27. The fourth-order valence-electron chi connectivity index (χ4n) is 2.90. The van der Waals surface area contributed by atoms with Crippen LogP contribution in [-0.2, 0) is 14.4 Å². The molecule has 3 rings (SSSR count). The fourth-order valence-corrected chi connectivity index (χ4v) is 2.90. The van der Waals surface area contributed by atoms with Gasteiger partial charge in [-0.1, -0.05) is 60.7 Å². The molecule has 150 valence electrons. The minimum atomic E-state index is -1.14. The van der Waals surface area contributed by atoms with Crippen LogP contribution in [0.2, 0.25) is 0 Å². The maximum atomic E-state index is 13.0. The Morgan fingerprint density at radius 1 is 0.733 bits per heavy atom. The first kappa shape index (κ1) is 20.5. The molecular weight excluding hydrogens is 380 g/mol. The van der Waals surface area contributed by atoms with Crippen LogP contribution in [0.25, 0.3) is 6.08 Å². The highest BCUT2D eigenvalue weighted by atomic mass is 16.4. The largest absolute Gasteiger partial charge is 0.478 e. The highest BCUT2D eigenvalue weighted by molar-refractivity contribution is 6.15. The number of hydrogen-bond acceptors (Lipinski definition) is 3. The molecule has 0 saturated heterocycles. The third-order valence-corrected chi connectivity index (χ3v) is 4.27. The molecule has 30 heavy (non-hydrogen) atoms. The molecule has 0 spiro atoms. The van der Waals surface area contributed by atoms with E-state index in [4.69, 9.17) is 5.11 Å². The Morgan fingerprint density at radius 3 is 1.77 bits per heavy atom. The molecule has 0 radical (unpaired) electrons. The fraction of sp³-hybridized carbons (Fsp3) is 0.0417. The highest BCUT2D eigenvalue weighted by Crippen LogP contribution is 2.23. The van der Waals surface area contributed by atoms with E-state index in [-0.39, 0.29) is 0 Å². The Balaban J connectivity index is 1.92. The number of carboxylic acid groups (broad SMARTS) is 1. The van der Waals surface area contributed by atoms with Crippen molar-refractivity contribution in [3.05, 3.63) is 102 Å². The molecule has 3 N–H and O–H groups in total. The van der Waals surface area contributed by atoms with Crippen LogP contribution in [-0.4, -0.2) is 22.9 Å². The van der Waals surface area contributed by atoms with Crippen molar-refractivity contribution in [2.45, 2.75) is 5.92 Å². The van der Waals surface area contributed by atoms with E-state index in [9.17, 15) is 14.4 Å². The Bertz CT molecular complexity index is 1010. The topological polar surface area (TPSA) is 95.5 Å². The zero-order chi connectivity index (χ0) is 21.3. The monoisotopic (exact) mass is 400 g/mol. The second-order valence-electron chi connectivity index (χ2n) is 6.49. The van der Waals surface area contributed by atoms with Gasteiger partial charge >= 0.3 is 5.97 Å². The molecule has 6 heteroatoms. The normalized spacial score (nSPS) is 10.7. The van der Waals surface area contributed by atoms with E-state index in [0.29, 0.717) is 22.5 Å². The number of anilines is 2. The lowest BCUT2D eigenvalue weighted by Crippen LogP contribution is -2.32. The first-order valence-corrected chi connectivity index (χ1v) is 9.26. The molecule has 0 aromatic heterocycles. The summed E-state index contributed by atoms with van der Waals surface area (Å²) < 4.78 is 0. The molecule has 6 nitrogen and oxygen atoms in total. The van der Waals surface area contributed by atoms with E-state index in [1.165, 1.54) is 6.08 Å².